The molecule has 0 aromatic heterocycles. The van der Waals surface area contributed by atoms with Crippen LogP contribution in [0.2, 0.25) is 0 Å². The Labute approximate surface area is 423 Å². The fraction of sp³-hybridized carbons (Fsp3) is 0.846. The van der Waals surface area contributed by atoms with Gasteiger partial charge < -0.3 is 153 Å². The summed E-state index contributed by atoms with van der Waals surface area (Å²) < 4.78 is 72.1. The zero-order valence-electron chi connectivity index (χ0n) is 39.1. The molecular weight excluding hydrogens is 1060 g/mol. The van der Waals surface area contributed by atoms with Crippen molar-refractivity contribution in [2.24, 2.45) is 0 Å². The van der Waals surface area contributed by atoms with E-state index in [4.69, 9.17) is 52.1 Å². The maximum Gasteiger partial charge on any atom is 0.337 e. The molecule has 0 aromatic rings. The highest BCUT2D eigenvalue weighted by molar-refractivity contribution is 5.77. The number of ether oxygens (including phenoxy) is 14. The predicted molar refractivity (Wildman–Crippen MR) is 216 cm³/mol. The van der Waals surface area contributed by atoms with Crippen molar-refractivity contribution in [1.82, 2.24) is 0 Å². The van der Waals surface area contributed by atoms with Crippen molar-refractivity contribution in [3.63, 3.8) is 0 Å². The van der Waals surface area contributed by atoms with Crippen LogP contribution in [-0.4, -0.2) is 328 Å². The molecule has 0 unspecified atom stereocenters. The third kappa shape index (κ3) is 12.0. The van der Waals surface area contributed by atoms with Gasteiger partial charge in [-0.1, -0.05) is 0 Å². The Morgan fingerprint density at radius 1 is 0.276 bits per heavy atom. The largest absolute Gasteiger partial charge is 0.479 e. The number of aliphatic hydroxyl groups excluding tert-OH is 14. The van der Waals surface area contributed by atoms with Crippen LogP contribution in [0, 0.1) is 0 Å². The third-order valence-electron chi connectivity index (χ3n) is 12.8. The lowest BCUT2D eigenvalue weighted by Crippen LogP contribution is -2.69. The molecule has 6 fully saturated rings. The predicted octanol–water partition coefficient (Wildman–Crippen LogP) is -13.3. The van der Waals surface area contributed by atoms with Gasteiger partial charge in [0.1, 0.15) is 110 Å². The summed E-state index contributed by atoms with van der Waals surface area (Å²) in [5.74, 6) is -10.2. The summed E-state index contributed by atoms with van der Waals surface area (Å²) in [6, 6.07) is 0. The van der Waals surface area contributed by atoms with Gasteiger partial charge in [0.2, 0.25) is 0 Å². The molecule has 6 rings (SSSR count). The van der Waals surface area contributed by atoms with Crippen LogP contribution < -0.4 is 0 Å². The molecule has 0 amide bonds. The van der Waals surface area contributed by atoms with E-state index in [0.717, 1.165) is 21.3 Å². The maximum atomic E-state index is 13.1. The minimum atomic E-state index is -2.57. The minimum absolute atomic E-state index is 0.750. The van der Waals surface area contributed by atoms with E-state index in [-0.39, 0.29) is 0 Å². The van der Waals surface area contributed by atoms with Crippen LogP contribution in [0.15, 0.2) is 0 Å². The lowest BCUT2D eigenvalue weighted by molar-refractivity contribution is -0.386. The summed E-state index contributed by atoms with van der Waals surface area (Å²) in [6.45, 7) is 0. The van der Waals surface area contributed by atoms with Gasteiger partial charge in [-0.25, -0.2) is 28.8 Å². The summed E-state index contributed by atoms with van der Waals surface area (Å²) in [5, 5.41) is 180. The first kappa shape index (κ1) is 61.0. The summed E-state index contributed by atoms with van der Waals surface area (Å²) in [5.41, 5.74) is 0. The van der Waals surface area contributed by atoms with Crippen molar-refractivity contribution in [2.75, 3.05) is 21.3 Å². The number of hydrogen-bond acceptors (Lipinski definition) is 34. The maximum absolute atomic E-state index is 13.1. The summed E-state index contributed by atoms with van der Waals surface area (Å²) in [6.07, 6.45) is -70.8. The number of carbonyl (C=O) groups is 6. The van der Waals surface area contributed by atoms with Crippen molar-refractivity contribution in [3.05, 3.63) is 0 Å². The molecule has 0 aromatic carbocycles. The fourth-order valence-corrected chi connectivity index (χ4v) is 8.66. The molecule has 434 valence electrons. The van der Waals surface area contributed by atoms with E-state index in [0.29, 0.717) is 0 Å². The number of hydrogen-bond donors (Lipinski definition) is 17. The quantitative estimate of drug-likeness (QED) is 0.0504. The molecule has 17 N–H and O–H groups in total. The molecule has 37 nitrogen and oxygen atoms in total. The fourth-order valence-electron chi connectivity index (χ4n) is 8.66. The van der Waals surface area contributed by atoms with Crippen molar-refractivity contribution in [3.8, 4) is 0 Å². The van der Waals surface area contributed by atoms with Crippen LogP contribution in [0.4, 0.5) is 0 Å². The standard InChI is InChI=1S/C39H56O37/c1-63-32(60)22-5(41)4(40)12(48)35(72-22)68-18-7(43)13(49)36(73-24(18)29(55)56)71-21-10(46)16(52)39(76-27(21)34(62)65-3)69-19-8(44)14(50)37(74-25(19)30(57)58)70-20-9(45)15(51)38(75-26(20)33(61)64-2)67-17-6(42)11(47)31(59)66-23(17)28(53)54/h4-27,31,35-52,59H,1-3H3,(H,53,54)(H,55,56)(H,57,58)/t4-,5+,6+,7+,8+,9+,10+,11+,12+,13+,14+,15+,16+,17+,18+,19+,20+,21+,22-,23-,24-,25-,26-,27-,31-,35-,36-,37-,38-,39-/m0/s1. The van der Waals surface area contributed by atoms with Gasteiger partial charge >= 0.3 is 35.8 Å². The average Bonchev–Trinajstić information content (AvgIpc) is 3.38. The van der Waals surface area contributed by atoms with E-state index < -0.39 is 220 Å². The number of esters is 3. The Bertz CT molecular complexity index is 2050. The molecule has 0 radical (unpaired) electrons. The zero-order valence-corrected chi connectivity index (χ0v) is 39.1. The number of carboxylic acid groups (broad SMARTS) is 3. The third-order valence-corrected chi connectivity index (χ3v) is 12.8. The average molecular weight is 1120 g/mol. The van der Waals surface area contributed by atoms with Crippen molar-refractivity contribution in [1.29, 1.82) is 0 Å². The van der Waals surface area contributed by atoms with Crippen molar-refractivity contribution < 1.29 is 182 Å². The molecule has 30 atom stereocenters. The number of carbonyl (C=O) groups excluding carboxylic acids is 3. The second kappa shape index (κ2) is 24.9. The smallest absolute Gasteiger partial charge is 0.337 e. The summed E-state index contributed by atoms with van der Waals surface area (Å²) in [7, 11) is 2.39. The monoisotopic (exact) mass is 1120 g/mol. The van der Waals surface area contributed by atoms with Gasteiger partial charge in [0.25, 0.3) is 0 Å². The first-order chi connectivity index (χ1) is 35.6. The van der Waals surface area contributed by atoms with Crippen LogP contribution >= 0.6 is 0 Å². The van der Waals surface area contributed by atoms with Gasteiger partial charge in [-0.3, -0.25) is 0 Å². The molecular formula is C39H56O37. The van der Waals surface area contributed by atoms with Crippen LogP contribution in [0.25, 0.3) is 0 Å². The van der Waals surface area contributed by atoms with Gasteiger partial charge in [-0.15, -0.1) is 0 Å². The molecule has 6 saturated heterocycles. The Hall–Kier alpha value is -4.18. The summed E-state index contributed by atoms with van der Waals surface area (Å²) >= 11 is 0. The second-order valence-electron chi connectivity index (χ2n) is 17.5. The molecule has 0 saturated carbocycles. The molecule has 6 aliphatic rings. The Morgan fingerprint density at radius 3 is 0.789 bits per heavy atom. The molecule has 37 heteroatoms. The lowest BCUT2D eigenvalue weighted by Gasteiger charge is -2.48. The van der Waals surface area contributed by atoms with E-state index in [1.54, 1.807) is 0 Å². The van der Waals surface area contributed by atoms with Crippen molar-refractivity contribution in [2.45, 2.75) is 184 Å². The summed E-state index contributed by atoms with van der Waals surface area (Å²) in [4.78, 5) is 75.1. The van der Waals surface area contributed by atoms with Crippen LogP contribution in [0.1, 0.15) is 0 Å². The minimum Gasteiger partial charge on any atom is -0.479 e. The van der Waals surface area contributed by atoms with Crippen LogP contribution in [-0.2, 0) is 95.1 Å². The van der Waals surface area contributed by atoms with E-state index >= 15 is 0 Å². The lowest BCUT2D eigenvalue weighted by atomic mass is 9.95. The zero-order chi connectivity index (χ0) is 56.7. The first-order valence-corrected chi connectivity index (χ1v) is 22.3. The van der Waals surface area contributed by atoms with Gasteiger partial charge in [0, 0.05) is 0 Å². The Morgan fingerprint density at radius 2 is 0.500 bits per heavy atom. The van der Waals surface area contributed by atoms with E-state index in [9.17, 15) is 116 Å². The van der Waals surface area contributed by atoms with Crippen LogP contribution in [0.3, 0.4) is 0 Å². The number of methoxy groups -OCH3 is 3. The first-order valence-electron chi connectivity index (χ1n) is 22.3. The normalized spacial score (nSPS) is 48.0. The van der Waals surface area contributed by atoms with E-state index in [1.807, 2.05) is 0 Å². The molecule has 6 heterocycles. The number of aliphatic carboxylic acids is 3. The van der Waals surface area contributed by atoms with E-state index in [1.165, 1.54) is 0 Å². The topological polar surface area (TPSA) is 576 Å². The van der Waals surface area contributed by atoms with Gasteiger partial charge in [-0.05, 0) is 0 Å². The van der Waals surface area contributed by atoms with Gasteiger partial charge in [-0.2, -0.15) is 0 Å². The van der Waals surface area contributed by atoms with Gasteiger partial charge in [0.05, 0.1) is 21.3 Å². The van der Waals surface area contributed by atoms with Gasteiger partial charge in [0.15, 0.2) is 74.4 Å². The molecule has 0 bridgehead atoms. The Balaban J connectivity index is 1.16. The highest BCUT2D eigenvalue weighted by atomic mass is 16.8. The van der Waals surface area contributed by atoms with Crippen LogP contribution in [0.5, 0.6) is 0 Å². The number of carboxylic acids is 3. The highest BCUT2D eigenvalue weighted by Crippen LogP contribution is 2.37. The molecule has 0 aliphatic carbocycles. The van der Waals surface area contributed by atoms with E-state index in [2.05, 4.69) is 14.2 Å². The Kier molecular flexibility index (Phi) is 20.0. The number of rotatable bonds is 16. The van der Waals surface area contributed by atoms with Crippen molar-refractivity contribution >= 4 is 35.8 Å². The highest BCUT2D eigenvalue weighted by Gasteiger charge is 2.61. The molecule has 76 heavy (non-hydrogen) atoms. The molecule has 6 aliphatic heterocycles. The molecule has 0 spiro atoms. The SMILES string of the molecule is COC(=O)[C@H]1O[C@H](O[C@@H]2[C@H](O)[C@@H](O)[C@@H](O[C@@H]3[C@H](O)[C@@H](O)[C@@H](O[C@@H]4[C@H](O)[C@@H](O)[C@@H](O[C@@H]5[C@H](O)[C@@H](O)[C@@H](O[C@@H]6[C@H](O)[C@@H](O)[C@@H](O)O[C@@H]6C(=O)O)O[C@@H]5C(=O)OC)O[C@@H]4C(=O)O)O[C@@H]3C(=O)OC)O[C@@H]2C(=O)O)[C@H](O)[C@@H](O)[C@H]1O. The second-order valence-corrected chi connectivity index (χ2v) is 17.5. The number of aliphatic hydroxyl groups is 14.